The third-order valence-electron chi connectivity index (χ3n) is 5.39. The van der Waals surface area contributed by atoms with Gasteiger partial charge in [0.2, 0.25) is 5.91 Å². The topological polar surface area (TPSA) is 103 Å². The Hall–Kier alpha value is -2.51. The molecule has 1 heterocycles. The van der Waals surface area contributed by atoms with Gasteiger partial charge in [0, 0.05) is 5.56 Å². The molecule has 5 N–H and O–H groups in total. The van der Waals surface area contributed by atoms with Gasteiger partial charge in [0.05, 0.1) is 41.7 Å². The third kappa shape index (κ3) is 3.97. The molecule has 1 aliphatic heterocycles. The molecule has 0 bridgehead atoms. The molecule has 1 aliphatic carbocycles. The highest BCUT2D eigenvalue weighted by atomic mass is 32.2. The molecule has 2 aromatic rings. The minimum Gasteiger partial charge on any atom is -0.492 e. The summed E-state index contributed by atoms with van der Waals surface area (Å²) in [5.41, 5.74) is 17.1. The van der Waals surface area contributed by atoms with Gasteiger partial charge in [-0.25, -0.2) is 0 Å². The molecule has 4 rings (SSSR count). The van der Waals surface area contributed by atoms with E-state index in [9.17, 15) is 4.79 Å². The van der Waals surface area contributed by atoms with E-state index in [1.165, 1.54) is 16.7 Å². The van der Waals surface area contributed by atoms with Gasteiger partial charge in [0.1, 0.15) is 5.75 Å². The zero-order chi connectivity index (χ0) is 20.4. The molecule has 0 spiro atoms. The molecule has 0 aromatic heterocycles. The lowest BCUT2D eigenvalue weighted by atomic mass is 9.99. The quantitative estimate of drug-likeness (QED) is 0.636. The highest BCUT2D eigenvalue weighted by molar-refractivity contribution is 8.14. The zero-order valence-electron chi connectivity index (χ0n) is 16.5. The van der Waals surface area contributed by atoms with Crippen molar-refractivity contribution in [3.05, 3.63) is 58.7 Å². The van der Waals surface area contributed by atoms with Crippen molar-refractivity contribution in [2.45, 2.75) is 31.1 Å². The van der Waals surface area contributed by atoms with Gasteiger partial charge in [-0.05, 0) is 54.7 Å². The molecule has 0 radical (unpaired) electrons. The number of nitrogens with two attached hydrogens (primary N) is 2. The van der Waals surface area contributed by atoms with E-state index in [1.807, 2.05) is 25.1 Å². The number of anilines is 1. The van der Waals surface area contributed by atoms with Crippen LogP contribution in [0.4, 0.5) is 5.69 Å². The first-order valence-electron chi connectivity index (χ1n) is 9.95. The van der Waals surface area contributed by atoms with Gasteiger partial charge in [-0.3, -0.25) is 9.79 Å². The van der Waals surface area contributed by atoms with Crippen LogP contribution in [-0.2, 0) is 11.2 Å². The van der Waals surface area contributed by atoms with E-state index in [2.05, 4.69) is 23.5 Å². The first-order chi connectivity index (χ1) is 14.1. The van der Waals surface area contributed by atoms with Crippen LogP contribution in [0.5, 0.6) is 5.75 Å². The number of carbonyl (C=O) groups is 1. The summed E-state index contributed by atoms with van der Waals surface area (Å²) in [4.78, 5) is 16.5. The molecule has 0 fully saturated rings. The number of hydrogen-bond donors (Lipinski definition) is 3. The van der Waals surface area contributed by atoms with E-state index in [-0.39, 0.29) is 23.7 Å². The van der Waals surface area contributed by atoms with Crippen LogP contribution in [0.2, 0.25) is 0 Å². The van der Waals surface area contributed by atoms with Crippen molar-refractivity contribution >= 4 is 28.4 Å². The summed E-state index contributed by atoms with van der Waals surface area (Å²) in [5, 5.41) is 4.32. The second-order valence-electron chi connectivity index (χ2n) is 7.22. The maximum absolute atomic E-state index is 11.7. The lowest BCUT2D eigenvalue weighted by Gasteiger charge is -2.17. The molecule has 152 valence electrons. The van der Waals surface area contributed by atoms with Crippen molar-refractivity contribution in [1.29, 1.82) is 0 Å². The Morgan fingerprint density at radius 1 is 1.31 bits per heavy atom. The second-order valence-corrected chi connectivity index (χ2v) is 8.41. The fraction of sp³-hybridized carbons (Fsp3) is 0.364. The van der Waals surface area contributed by atoms with E-state index in [1.54, 1.807) is 11.8 Å². The lowest BCUT2D eigenvalue weighted by Crippen LogP contribution is -2.32. The molecule has 2 aromatic carbocycles. The molecule has 1 amide bonds. The number of aliphatic imine (C=N–C) groups is 1. The number of rotatable bonds is 6. The second kappa shape index (κ2) is 8.47. The average Bonchev–Trinajstić information content (AvgIpc) is 3.37. The molecule has 0 saturated carbocycles. The van der Waals surface area contributed by atoms with E-state index in [4.69, 9.17) is 21.2 Å². The number of benzene rings is 2. The van der Waals surface area contributed by atoms with E-state index >= 15 is 0 Å². The standard InChI is InChI=1S/C22H26N4O2S/c1-2-28-19-9-6-13(10-17(19)24)22-25-12-20(29-22)16-5-3-4-15-14(16)7-8-18(15)26-21(27)11-23/h3-6,9-10,18,20H,2,7-8,11-12,23-24H2,1H3,(H,26,27). The first-order valence-corrected chi connectivity index (χ1v) is 10.8. The maximum atomic E-state index is 11.7. The van der Waals surface area contributed by atoms with Gasteiger partial charge < -0.3 is 21.5 Å². The van der Waals surface area contributed by atoms with Crippen LogP contribution in [0.25, 0.3) is 0 Å². The Morgan fingerprint density at radius 2 is 2.14 bits per heavy atom. The van der Waals surface area contributed by atoms with E-state index in [0.29, 0.717) is 18.0 Å². The Bertz CT molecular complexity index is 960. The van der Waals surface area contributed by atoms with Crippen LogP contribution in [0.1, 0.15) is 46.9 Å². The maximum Gasteiger partial charge on any atom is 0.234 e. The minimum atomic E-state index is -0.109. The number of amides is 1. The van der Waals surface area contributed by atoms with E-state index in [0.717, 1.165) is 30.0 Å². The van der Waals surface area contributed by atoms with E-state index < -0.39 is 0 Å². The monoisotopic (exact) mass is 410 g/mol. The Balaban J connectivity index is 1.51. The van der Waals surface area contributed by atoms with Crippen molar-refractivity contribution in [1.82, 2.24) is 5.32 Å². The number of nitrogens with zero attached hydrogens (tertiary/aromatic N) is 1. The first kappa shape index (κ1) is 19.8. The molecule has 2 atom stereocenters. The van der Waals surface area contributed by atoms with Crippen LogP contribution < -0.4 is 21.5 Å². The molecule has 6 nitrogen and oxygen atoms in total. The fourth-order valence-electron chi connectivity index (χ4n) is 4.05. The van der Waals surface area contributed by atoms with Crippen molar-refractivity contribution in [3.63, 3.8) is 0 Å². The van der Waals surface area contributed by atoms with Gasteiger partial charge in [0.15, 0.2) is 0 Å². The highest BCUT2D eigenvalue weighted by Gasteiger charge is 2.30. The largest absolute Gasteiger partial charge is 0.492 e. The van der Waals surface area contributed by atoms with Gasteiger partial charge in [-0.2, -0.15) is 0 Å². The van der Waals surface area contributed by atoms with Gasteiger partial charge in [-0.1, -0.05) is 30.0 Å². The highest BCUT2D eigenvalue weighted by Crippen LogP contribution is 2.43. The number of ether oxygens (including phenoxy) is 1. The summed E-state index contributed by atoms with van der Waals surface area (Å²) in [7, 11) is 0. The van der Waals surface area contributed by atoms with Crippen LogP contribution >= 0.6 is 11.8 Å². The normalized spacial score (nSPS) is 20.3. The predicted octanol–water partition coefficient (Wildman–Crippen LogP) is 2.96. The van der Waals surface area contributed by atoms with Crippen LogP contribution in [0, 0.1) is 0 Å². The summed E-state index contributed by atoms with van der Waals surface area (Å²) in [6.07, 6.45) is 1.88. The smallest absolute Gasteiger partial charge is 0.234 e. The summed E-state index contributed by atoms with van der Waals surface area (Å²) in [5.74, 6) is 0.602. The number of nitrogens with one attached hydrogen (secondary N) is 1. The van der Waals surface area contributed by atoms with Crippen LogP contribution in [0.3, 0.4) is 0 Å². The minimum absolute atomic E-state index is 0.0203. The van der Waals surface area contributed by atoms with Crippen molar-refractivity contribution in [2.75, 3.05) is 25.4 Å². The molecular formula is C22H26N4O2S. The van der Waals surface area contributed by atoms with Gasteiger partial charge in [-0.15, -0.1) is 0 Å². The summed E-state index contributed by atoms with van der Waals surface area (Å²) in [6.45, 7) is 3.29. The molecule has 7 heteroatoms. The Morgan fingerprint density at radius 3 is 2.90 bits per heavy atom. The Kier molecular flexibility index (Phi) is 5.78. The third-order valence-corrected chi connectivity index (χ3v) is 6.66. The number of carbonyl (C=O) groups excluding carboxylic acids is 1. The lowest BCUT2D eigenvalue weighted by molar-refractivity contribution is -0.120. The van der Waals surface area contributed by atoms with Gasteiger partial charge >= 0.3 is 0 Å². The average molecular weight is 411 g/mol. The Labute approximate surface area is 175 Å². The van der Waals surface area contributed by atoms with Crippen LogP contribution in [0.15, 0.2) is 41.4 Å². The predicted molar refractivity (Wildman–Crippen MR) is 118 cm³/mol. The van der Waals surface area contributed by atoms with Crippen LogP contribution in [-0.4, -0.2) is 30.6 Å². The summed E-state index contributed by atoms with van der Waals surface area (Å²) in [6, 6.07) is 12.3. The van der Waals surface area contributed by atoms with Gasteiger partial charge in [0.25, 0.3) is 0 Å². The van der Waals surface area contributed by atoms with Crippen molar-refractivity contribution < 1.29 is 9.53 Å². The van der Waals surface area contributed by atoms with Crippen molar-refractivity contribution in [2.24, 2.45) is 10.7 Å². The molecule has 29 heavy (non-hydrogen) atoms. The number of nitrogen functional groups attached to an aromatic ring is 1. The number of fused-ring (bicyclic) bond motifs is 1. The summed E-state index contributed by atoms with van der Waals surface area (Å²) >= 11 is 1.78. The summed E-state index contributed by atoms with van der Waals surface area (Å²) < 4.78 is 5.53. The number of hydrogen-bond acceptors (Lipinski definition) is 6. The molecular weight excluding hydrogens is 384 g/mol. The molecule has 0 saturated heterocycles. The molecule has 2 aliphatic rings. The van der Waals surface area contributed by atoms with Crippen molar-refractivity contribution in [3.8, 4) is 5.75 Å². The SMILES string of the molecule is CCOc1ccc(C2=NCC(c3cccc4c3CCC4NC(=O)CN)S2)cc1N. The number of thioether (sulfide) groups is 1. The fourth-order valence-corrected chi connectivity index (χ4v) is 5.23. The molecule has 2 unspecified atom stereocenters. The zero-order valence-corrected chi connectivity index (χ0v) is 17.3.